The molecule has 0 fully saturated rings. The van der Waals surface area contributed by atoms with Crippen molar-refractivity contribution in [1.82, 2.24) is 0 Å². The van der Waals surface area contributed by atoms with Gasteiger partial charge in [0.1, 0.15) is 0 Å². The van der Waals surface area contributed by atoms with Crippen LogP contribution in [0.3, 0.4) is 0 Å². The highest BCUT2D eigenvalue weighted by molar-refractivity contribution is 8.21. The van der Waals surface area contributed by atoms with Crippen LogP contribution in [0.5, 0.6) is 0 Å². The van der Waals surface area contributed by atoms with Crippen molar-refractivity contribution in [1.29, 1.82) is 0 Å². The van der Waals surface area contributed by atoms with Crippen LogP contribution in [0.1, 0.15) is 19.4 Å². The molecule has 2 heteroatoms. The lowest BCUT2D eigenvalue weighted by Crippen LogP contribution is -1.75. The van der Waals surface area contributed by atoms with E-state index in [0.717, 1.165) is 4.90 Å². The first kappa shape index (κ1) is 12.4. The van der Waals surface area contributed by atoms with Crippen molar-refractivity contribution in [2.75, 3.05) is 0 Å². The molecule has 0 spiro atoms. The third-order valence-corrected chi connectivity index (χ3v) is 3.02. The van der Waals surface area contributed by atoms with Crippen LogP contribution in [-0.4, -0.2) is 0 Å². The molecule has 0 amide bonds. The summed E-state index contributed by atoms with van der Waals surface area (Å²) >= 11 is 0. The Hall–Kier alpha value is -0.660. The number of benzene rings is 2. The standard InChI is InChI=1S/C11H9ClS.C2H6/c1-8-2-3-10-7-11(13-12)5-4-9(10)6-8;1-2/h2-7H,1H3;1-2H3. The van der Waals surface area contributed by atoms with E-state index in [1.807, 2.05) is 19.9 Å². The van der Waals surface area contributed by atoms with Crippen LogP contribution in [-0.2, 0) is 0 Å². The van der Waals surface area contributed by atoms with Crippen LogP contribution in [0.4, 0.5) is 0 Å². The summed E-state index contributed by atoms with van der Waals surface area (Å²) < 4.78 is 0. The lowest BCUT2D eigenvalue weighted by molar-refractivity contribution is 1.47. The molecular weight excluding hydrogens is 224 g/mol. The summed E-state index contributed by atoms with van der Waals surface area (Å²) in [6.45, 7) is 6.10. The molecule has 0 aliphatic carbocycles. The molecule has 0 aromatic heterocycles. The maximum Gasteiger partial charge on any atom is 0.0239 e. The minimum Gasteiger partial charge on any atom is -0.0683 e. The Morgan fingerprint density at radius 3 is 2.20 bits per heavy atom. The summed E-state index contributed by atoms with van der Waals surface area (Å²) in [4.78, 5) is 1.10. The zero-order valence-electron chi connectivity index (χ0n) is 9.25. The van der Waals surface area contributed by atoms with Crippen molar-refractivity contribution in [3.63, 3.8) is 0 Å². The average Bonchev–Trinajstić information content (AvgIpc) is 2.31. The van der Waals surface area contributed by atoms with Crippen LogP contribution in [0.15, 0.2) is 41.3 Å². The SMILES string of the molecule is CC.Cc1ccc2cc(SCl)ccc2c1. The Bertz CT molecular complexity index is 437. The Morgan fingerprint density at radius 2 is 1.53 bits per heavy atom. The topological polar surface area (TPSA) is 0 Å². The fraction of sp³-hybridized carbons (Fsp3) is 0.231. The minimum atomic E-state index is 1.10. The summed E-state index contributed by atoms with van der Waals surface area (Å²) in [5.41, 5.74) is 1.29. The third kappa shape index (κ3) is 3.15. The van der Waals surface area contributed by atoms with Crippen molar-refractivity contribution in [2.45, 2.75) is 25.7 Å². The molecule has 0 aliphatic rings. The zero-order chi connectivity index (χ0) is 11.3. The van der Waals surface area contributed by atoms with Crippen LogP contribution in [0.25, 0.3) is 10.8 Å². The van der Waals surface area contributed by atoms with Gasteiger partial charge in [-0.15, -0.1) is 0 Å². The number of hydrogen-bond acceptors (Lipinski definition) is 1. The van der Waals surface area contributed by atoms with Gasteiger partial charge in [0.05, 0.1) is 0 Å². The minimum absolute atomic E-state index is 1.10. The maximum atomic E-state index is 5.68. The van der Waals surface area contributed by atoms with Crippen molar-refractivity contribution in [2.24, 2.45) is 0 Å². The highest BCUT2D eigenvalue weighted by atomic mass is 35.7. The van der Waals surface area contributed by atoms with Crippen LogP contribution < -0.4 is 0 Å². The van der Waals surface area contributed by atoms with Gasteiger partial charge < -0.3 is 0 Å². The first-order valence-corrected chi connectivity index (χ1v) is 6.73. The van der Waals surface area contributed by atoms with Gasteiger partial charge in [-0.25, -0.2) is 0 Å². The number of fused-ring (bicyclic) bond motifs is 1. The Morgan fingerprint density at radius 1 is 0.933 bits per heavy atom. The highest BCUT2D eigenvalue weighted by Gasteiger charge is 1.95. The van der Waals surface area contributed by atoms with Gasteiger partial charge in [0.15, 0.2) is 0 Å². The zero-order valence-corrected chi connectivity index (χ0v) is 10.8. The number of hydrogen-bond donors (Lipinski definition) is 0. The van der Waals surface area contributed by atoms with E-state index >= 15 is 0 Å². The van der Waals surface area contributed by atoms with Crippen molar-refractivity contribution in [3.8, 4) is 0 Å². The summed E-state index contributed by atoms with van der Waals surface area (Å²) in [5, 5.41) is 2.52. The molecule has 0 nitrogen and oxygen atoms in total. The fourth-order valence-corrected chi connectivity index (χ4v) is 1.97. The van der Waals surface area contributed by atoms with E-state index in [4.69, 9.17) is 10.7 Å². The van der Waals surface area contributed by atoms with Gasteiger partial charge in [0.25, 0.3) is 0 Å². The van der Waals surface area contributed by atoms with E-state index in [9.17, 15) is 0 Å². The van der Waals surface area contributed by atoms with Gasteiger partial charge in [0.2, 0.25) is 0 Å². The maximum absolute atomic E-state index is 5.68. The average molecular weight is 239 g/mol. The second-order valence-corrected chi connectivity index (χ2v) is 4.18. The molecular formula is C13H15ClS. The van der Waals surface area contributed by atoms with E-state index in [0.29, 0.717) is 0 Å². The van der Waals surface area contributed by atoms with E-state index in [-0.39, 0.29) is 0 Å². The van der Waals surface area contributed by atoms with Gasteiger partial charge in [-0.05, 0) is 51.5 Å². The van der Waals surface area contributed by atoms with Crippen molar-refractivity contribution < 1.29 is 0 Å². The molecule has 2 aromatic carbocycles. The first-order chi connectivity index (χ1) is 7.29. The van der Waals surface area contributed by atoms with Crippen molar-refractivity contribution in [3.05, 3.63) is 42.0 Å². The molecule has 0 saturated heterocycles. The summed E-state index contributed by atoms with van der Waals surface area (Å²) in [6.07, 6.45) is 0. The van der Waals surface area contributed by atoms with Gasteiger partial charge in [-0.1, -0.05) is 43.7 Å². The van der Waals surface area contributed by atoms with E-state index < -0.39 is 0 Å². The van der Waals surface area contributed by atoms with Crippen LogP contribution in [0.2, 0.25) is 0 Å². The summed E-state index contributed by atoms with van der Waals surface area (Å²) in [6, 6.07) is 12.7. The molecule has 2 rings (SSSR count). The second kappa shape index (κ2) is 6.04. The Balaban J connectivity index is 0.000000531. The smallest absolute Gasteiger partial charge is 0.0239 e. The quantitative estimate of drug-likeness (QED) is 0.639. The predicted octanol–water partition coefficient (Wildman–Crippen LogP) is 5.42. The molecule has 0 N–H and O–H groups in total. The monoisotopic (exact) mass is 238 g/mol. The van der Waals surface area contributed by atoms with E-state index in [1.54, 1.807) is 0 Å². The molecule has 0 radical (unpaired) electrons. The Labute approximate surface area is 100 Å². The predicted molar refractivity (Wildman–Crippen MR) is 71.7 cm³/mol. The van der Waals surface area contributed by atoms with Gasteiger partial charge in [-0.3, -0.25) is 0 Å². The lowest BCUT2D eigenvalue weighted by Gasteiger charge is -2.00. The second-order valence-electron chi connectivity index (χ2n) is 3.09. The normalized spacial score (nSPS) is 9.60. The molecule has 0 atom stereocenters. The van der Waals surface area contributed by atoms with Gasteiger partial charge in [0, 0.05) is 4.90 Å². The first-order valence-electron chi connectivity index (χ1n) is 5.08. The number of halogens is 1. The van der Waals surface area contributed by atoms with E-state index in [2.05, 4.69) is 37.3 Å². The molecule has 0 bridgehead atoms. The summed E-state index contributed by atoms with van der Waals surface area (Å²) in [5.74, 6) is 0. The fourth-order valence-electron chi connectivity index (χ4n) is 1.39. The van der Waals surface area contributed by atoms with E-state index in [1.165, 1.54) is 27.3 Å². The summed E-state index contributed by atoms with van der Waals surface area (Å²) in [7, 11) is 6.94. The molecule has 0 saturated carbocycles. The molecule has 15 heavy (non-hydrogen) atoms. The van der Waals surface area contributed by atoms with Gasteiger partial charge in [-0.2, -0.15) is 0 Å². The lowest BCUT2D eigenvalue weighted by atomic mass is 10.1. The largest absolute Gasteiger partial charge is 0.0683 e. The van der Waals surface area contributed by atoms with Crippen molar-refractivity contribution >= 4 is 32.4 Å². The number of aryl methyl sites for hydroxylation is 1. The Kier molecular flexibility index (Phi) is 5.00. The van der Waals surface area contributed by atoms with Crippen LogP contribution >= 0.6 is 21.7 Å². The molecule has 0 aliphatic heterocycles. The van der Waals surface area contributed by atoms with Crippen LogP contribution in [0, 0.1) is 6.92 Å². The third-order valence-electron chi connectivity index (χ3n) is 2.06. The molecule has 2 aromatic rings. The number of rotatable bonds is 1. The molecule has 80 valence electrons. The molecule has 0 heterocycles. The van der Waals surface area contributed by atoms with Gasteiger partial charge >= 0.3 is 0 Å². The molecule has 0 unspecified atom stereocenters. The highest BCUT2D eigenvalue weighted by Crippen LogP contribution is 2.26.